The summed E-state index contributed by atoms with van der Waals surface area (Å²) in [5.41, 5.74) is 8.65. The Balaban J connectivity index is 1.53. The summed E-state index contributed by atoms with van der Waals surface area (Å²) in [6.07, 6.45) is 1.51. The van der Waals surface area contributed by atoms with Crippen LogP contribution >= 0.6 is 0 Å². The maximum Gasteiger partial charge on any atom is 0.410 e. The molecule has 0 atom stereocenters. The Morgan fingerprint density at radius 2 is 1.83 bits per heavy atom. The number of amides is 1. The Hall–Kier alpha value is -3.10. The van der Waals surface area contributed by atoms with E-state index in [-0.39, 0.29) is 6.09 Å². The molecule has 1 amide bonds. The third-order valence-electron chi connectivity index (χ3n) is 4.71. The second kappa shape index (κ2) is 8.73. The van der Waals surface area contributed by atoms with Gasteiger partial charge in [-0.1, -0.05) is 6.07 Å². The normalized spacial score (nSPS) is 15.4. The Bertz CT molecular complexity index is 904. The van der Waals surface area contributed by atoms with E-state index in [1.165, 1.54) is 0 Å². The number of carbonyl (C=O) groups is 1. The van der Waals surface area contributed by atoms with Gasteiger partial charge >= 0.3 is 6.09 Å². The molecule has 2 aromatic rings. The van der Waals surface area contributed by atoms with E-state index < -0.39 is 5.60 Å². The molecule has 3 heterocycles. The maximum atomic E-state index is 12.2. The van der Waals surface area contributed by atoms with E-state index in [0.29, 0.717) is 38.7 Å². The highest BCUT2D eigenvalue weighted by Gasteiger charge is 2.26. The predicted molar refractivity (Wildman–Crippen MR) is 116 cm³/mol. The smallest absolute Gasteiger partial charge is 0.410 e. The minimum atomic E-state index is -0.493. The fourth-order valence-electron chi connectivity index (χ4n) is 3.21. The van der Waals surface area contributed by atoms with Crippen molar-refractivity contribution in [1.82, 2.24) is 24.6 Å². The Morgan fingerprint density at radius 3 is 2.37 bits per heavy atom. The molecule has 0 radical (unpaired) electrons. The molecule has 0 aliphatic carbocycles. The van der Waals surface area contributed by atoms with Gasteiger partial charge in [0.2, 0.25) is 0 Å². The van der Waals surface area contributed by atoms with E-state index in [9.17, 15) is 4.79 Å². The number of ether oxygens (including phenoxy) is 1. The molecule has 0 aromatic carbocycles. The van der Waals surface area contributed by atoms with Crippen LogP contribution in [0, 0.1) is 13.8 Å². The number of hydrogen-bond donors (Lipinski definition) is 1. The molecule has 1 aliphatic rings. The van der Waals surface area contributed by atoms with Crippen molar-refractivity contribution in [2.45, 2.75) is 46.8 Å². The number of rotatable bonds is 3. The number of aryl methyl sites for hydroxylation is 2. The predicted octanol–water partition coefficient (Wildman–Crippen LogP) is 2.25. The highest BCUT2D eigenvalue weighted by Crippen LogP contribution is 2.13. The SMILES string of the molecule is Cc1cc(C)n(-c2ccc(CN=C(N)N3CCN(C(=O)OC(C)(C)C)CC3)cn2)n1. The van der Waals surface area contributed by atoms with Gasteiger partial charge < -0.3 is 20.3 Å². The topological polar surface area (TPSA) is 102 Å². The average molecular weight is 414 g/mol. The lowest BCUT2D eigenvalue weighted by Crippen LogP contribution is -2.53. The molecule has 9 nitrogen and oxygen atoms in total. The molecule has 3 rings (SSSR count). The summed E-state index contributed by atoms with van der Waals surface area (Å²) in [5, 5.41) is 4.45. The molecular formula is C21H31N7O2. The molecule has 162 valence electrons. The Labute approximate surface area is 177 Å². The lowest BCUT2D eigenvalue weighted by atomic mass is 10.2. The summed E-state index contributed by atoms with van der Waals surface area (Å²) in [6.45, 7) is 12.4. The Kier molecular flexibility index (Phi) is 6.28. The highest BCUT2D eigenvalue weighted by molar-refractivity contribution is 5.78. The minimum absolute atomic E-state index is 0.286. The molecule has 2 aromatic heterocycles. The summed E-state index contributed by atoms with van der Waals surface area (Å²) in [4.78, 5) is 24.8. The number of hydrogen-bond acceptors (Lipinski definition) is 5. The standard InChI is InChI=1S/C21H31N7O2/c1-15-12-16(2)28(25-15)18-7-6-17(13-23-18)14-24-19(22)26-8-10-27(11-9-26)20(29)30-21(3,4)5/h6-7,12-13H,8-11,14H2,1-5H3,(H2,22,24). The molecule has 0 bridgehead atoms. The van der Waals surface area contributed by atoms with Gasteiger partial charge in [-0.05, 0) is 52.3 Å². The fraction of sp³-hybridized carbons (Fsp3) is 0.524. The second-order valence-corrected chi connectivity index (χ2v) is 8.49. The van der Waals surface area contributed by atoms with Gasteiger partial charge in [0, 0.05) is 38.1 Å². The third kappa shape index (κ3) is 5.49. The monoisotopic (exact) mass is 413 g/mol. The second-order valence-electron chi connectivity index (χ2n) is 8.49. The number of pyridine rings is 1. The molecule has 0 saturated carbocycles. The van der Waals surface area contributed by atoms with Crippen molar-refractivity contribution in [3.05, 3.63) is 41.3 Å². The van der Waals surface area contributed by atoms with E-state index in [0.717, 1.165) is 22.8 Å². The van der Waals surface area contributed by atoms with Gasteiger partial charge in [-0.3, -0.25) is 0 Å². The molecular weight excluding hydrogens is 382 g/mol. The quantitative estimate of drug-likeness (QED) is 0.612. The highest BCUT2D eigenvalue weighted by atomic mass is 16.6. The number of carbonyl (C=O) groups excluding carboxylic acids is 1. The van der Waals surface area contributed by atoms with Crippen LogP contribution in [-0.2, 0) is 11.3 Å². The molecule has 1 aliphatic heterocycles. The van der Waals surface area contributed by atoms with Crippen molar-refractivity contribution in [3.63, 3.8) is 0 Å². The van der Waals surface area contributed by atoms with Crippen LogP contribution in [-0.4, -0.2) is 68.4 Å². The number of nitrogens with zero attached hydrogens (tertiary/aromatic N) is 6. The summed E-state index contributed by atoms with van der Waals surface area (Å²) < 4.78 is 7.24. The zero-order valence-corrected chi connectivity index (χ0v) is 18.4. The van der Waals surface area contributed by atoms with Gasteiger partial charge in [0.25, 0.3) is 0 Å². The minimum Gasteiger partial charge on any atom is -0.444 e. The van der Waals surface area contributed by atoms with Crippen molar-refractivity contribution in [2.75, 3.05) is 26.2 Å². The molecule has 1 fully saturated rings. The largest absolute Gasteiger partial charge is 0.444 e. The van der Waals surface area contributed by atoms with Crippen LogP contribution in [0.5, 0.6) is 0 Å². The maximum absolute atomic E-state index is 12.2. The van der Waals surface area contributed by atoms with Crippen LogP contribution < -0.4 is 5.73 Å². The number of piperazine rings is 1. The summed E-state index contributed by atoms with van der Waals surface area (Å²) in [7, 11) is 0. The van der Waals surface area contributed by atoms with Crippen molar-refractivity contribution in [3.8, 4) is 5.82 Å². The Morgan fingerprint density at radius 1 is 1.17 bits per heavy atom. The third-order valence-corrected chi connectivity index (χ3v) is 4.71. The van der Waals surface area contributed by atoms with Crippen LogP contribution in [0.4, 0.5) is 4.79 Å². The molecule has 0 unspecified atom stereocenters. The van der Waals surface area contributed by atoms with Crippen LogP contribution in [0.25, 0.3) is 5.82 Å². The molecule has 1 saturated heterocycles. The summed E-state index contributed by atoms with van der Waals surface area (Å²) >= 11 is 0. The van der Waals surface area contributed by atoms with E-state index in [1.54, 1.807) is 11.1 Å². The van der Waals surface area contributed by atoms with Crippen molar-refractivity contribution >= 4 is 12.1 Å². The van der Waals surface area contributed by atoms with Gasteiger partial charge in [0.15, 0.2) is 11.8 Å². The van der Waals surface area contributed by atoms with Gasteiger partial charge in [0.05, 0.1) is 12.2 Å². The number of guanidine groups is 1. The van der Waals surface area contributed by atoms with Crippen molar-refractivity contribution in [1.29, 1.82) is 0 Å². The van der Waals surface area contributed by atoms with E-state index in [1.807, 2.05) is 62.4 Å². The zero-order valence-electron chi connectivity index (χ0n) is 18.4. The van der Waals surface area contributed by atoms with Crippen LogP contribution in [0.1, 0.15) is 37.7 Å². The molecule has 2 N–H and O–H groups in total. The van der Waals surface area contributed by atoms with Crippen LogP contribution in [0.3, 0.4) is 0 Å². The zero-order chi connectivity index (χ0) is 21.9. The summed E-state index contributed by atoms with van der Waals surface area (Å²) in [5.74, 6) is 1.25. The van der Waals surface area contributed by atoms with Gasteiger partial charge in [0.1, 0.15) is 5.60 Å². The first-order valence-electron chi connectivity index (χ1n) is 10.1. The van der Waals surface area contributed by atoms with Crippen molar-refractivity contribution in [2.24, 2.45) is 10.7 Å². The first kappa shape index (κ1) is 21.6. The van der Waals surface area contributed by atoms with Crippen LogP contribution in [0.15, 0.2) is 29.4 Å². The molecule has 30 heavy (non-hydrogen) atoms. The van der Waals surface area contributed by atoms with Crippen molar-refractivity contribution < 1.29 is 9.53 Å². The van der Waals surface area contributed by atoms with E-state index >= 15 is 0 Å². The average Bonchev–Trinajstić information content (AvgIpc) is 3.03. The lowest BCUT2D eigenvalue weighted by Gasteiger charge is -2.36. The van der Waals surface area contributed by atoms with E-state index in [2.05, 4.69) is 15.1 Å². The first-order valence-corrected chi connectivity index (χ1v) is 10.1. The summed E-state index contributed by atoms with van der Waals surface area (Å²) in [6, 6.07) is 5.93. The van der Waals surface area contributed by atoms with E-state index in [4.69, 9.17) is 10.5 Å². The number of nitrogens with two attached hydrogens (primary N) is 1. The van der Waals surface area contributed by atoms with Gasteiger partial charge in [-0.2, -0.15) is 5.10 Å². The van der Waals surface area contributed by atoms with Gasteiger partial charge in [-0.15, -0.1) is 0 Å². The molecule has 9 heteroatoms. The first-order chi connectivity index (χ1) is 14.1. The fourth-order valence-corrected chi connectivity index (χ4v) is 3.21. The number of aromatic nitrogens is 3. The molecule has 0 spiro atoms. The van der Waals surface area contributed by atoms with Crippen LogP contribution in [0.2, 0.25) is 0 Å². The van der Waals surface area contributed by atoms with Gasteiger partial charge in [-0.25, -0.2) is 19.5 Å². The lowest BCUT2D eigenvalue weighted by molar-refractivity contribution is 0.0186. The number of aliphatic imine (C=N–C) groups is 1.